The lowest BCUT2D eigenvalue weighted by molar-refractivity contribution is -0.192. The fraction of sp³-hybridized carbons (Fsp3) is 0.600. The molecule has 3 rings (SSSR count). The summed E-state index contributed by atoms with van der Waals surface area (Å²) in [5.74, 6) is -5.42. The maximum Gasteiger partial charge on any atom is 0.490 e. The van der Waals surface area contributed by atoms with Crippen molar-refractivity contribution in [3.05, 3.63) is 35.4 Å². The van der Waals surface area contributed by atoms with Gasteiger partial charge in [-0.2, -0.15) is 13.2 Å². The van der Waals surface area contributed by atoms with Crippen LogP contribution in [0.2, 0.25) is 0 Å². The number of alkyl halides is 3. The number of rotatable bonds is 7. The first kappa shape index (κ1) is 33.0. The highest BCUT2D eigenvalue weighted by Crippen LogP contribution is 2.30. The second kappa shape index (κ2) is 13.4. The maximum absolute atomic E-state index is 13.4. The van der Waals surface area contributed by atoms with Gasteiger partial charge in [-0.3, -0.25) is 14.4 Å². The van der Waals surface area contributed by atoms with Crippen LogP contribution in [0.25, 0.3) is 0 Å². The van der Waals surface area contributed by atoms with E-state index in [4.69, 9.17) is 9.90 Å². The van der Waals surface area contributed by atoms with Gasteiger partial charge in [-0.25, -0.2) is 13.2 Å². The molecule has 40 heavy (non-hydrogen) atoms. The molecule has 0 bridgehead atoms. The van der Waals surface area contributed by atoms with Crippen molar-refractivity contribution in [3.63, 3.8) is 0 Å². The number of amides is 3. The van der Waals surface area contributed by atoms with Crippen LogP contribution in [0.5, 0.6) is 0 Å². The predicted octanol–water partition coefficient (Wildman–Crippen LogP) is 1.15. The molecule has 1 saturated heterocycles. The van der Waals surface area contributed by atoms with E-state index in [-0.39, 0.29) is 17.9 Å². The smallest absolute Gasteiger partial charge is 0.475 e. The highest BCUT2D eigenvalue weighted by molar-refractivity contribution is 7.91. The Hall–Kier alpha value is -3.20. The molecule has 0 radical (unpaired) electrons. The number of hydrogen-bond acceptors (Lipinski definition) is 7. The molecule has 0 saturated carbocycles. The van der Waals surface area contributed by atoms with Crippen LogP contribution in [-0.4, -0.2) is 85.1 Å². The number of carboxylic acid groups (broad SMARTS) is 1. The average molecular weight is 593 g/mol. The minimum absolute atomic E-state index is 0.222. The Kier molecular flexibility index (Phi) is 11.1. The summed E-state index contributed by atoms with van der Waals surface area (Å²) in [6.07, 6.45) is -2.48. The van der Waals surface area contributed by atoms with E-state index in [0.717, 1.165) is 29.7 Å². The molecule has 0 spiro atoms. The Morgan fingerprint density at radius 2 is 1.70 bits per heavy atom. The van der Waals surface area contributed by atoms with E-state index >= 15 is 0 Å². The van der Waals surface area contributed by atoms with Gasteiger partial charge in [0.05, 0.1) is 17.8 Å². The molecule has 15 heteroatoms. The topological polar surface area (TPSA) is 162 Å². The van der Waals surface area contributed by atoms with E-state index in [2.05, 4.69) is 16.0 Å². The number of benzene rings is 1. The molecule has 1 aromatic carbocycles. The van der Waals surface area contributed by atoms with Gasteiger partial charge in [-0.05, 0) is 50.3 Å². The van der Waals surface area contributed by atoms with Gasteiger partial charge >= 0.3 is 12.1 Å². The molecule has 4 N–H and O–H groups in total. The lowest BCUT2D eigenvalue weighted by Gasteiger charge is -2.32. The Labute approximate surface area is 230 Å². The quantitative estimate of drug-likeness (QED) is 0.367. The number of aryl methyl sites for hydroxylation is 1. The van der Waals surface area contributed by atoms with Crippen molar-refractivity contribution in [2.45, 2.75) is 70.4 Å². The number of hydrogen-bond donors (Lipinski definition) is 4. The molecule has 224 valence electrons. The number of carbonyl (C=O) groups excluding carboxylic acids is 3. The Morgan fingerprint density at radius 1 is 1.10 bits per heavy atom. The van der Waals surface area contributed by atoms with Crippen LogP contribution in [-0.2, 0) is 35.4 Å². The van der Waals surface area contributed by atoms with E-state index in [0.29, 0.717) is 0 Å². The van der Waals surface area contributed by atoms with Crippen LogP contribution < -0.4 is 16.0 Å². The van der Waals surface area contributed by atoms with Gasteiger partial charge in [0.15, 0.2) is 9.84 Å². The molecule has 11 nitrogen and oxygen atoms in total. The molecule has 1 heterocycles. The van der Waals surface area contributed by atoms with Crippen molar-refractivity contribution in [1.29, 1.82) is 0 Å². The maximum atomic E-state index is 13.4. The third kappa shape index (κ3) is 8.65. The third-order valence-corrected chi connectivity index (χ3v) is 8.19. The van der Waals surface area contributed by atoms with Gasteiger partial charge < -0.3 is 26.0 Å². The third-order valence-electron chi connectivity index (χ3n) is 6.69. The number of carboxylic acids is 1. The van der Waals surface area contributed by atoms with Crippen LogP contribution in [0.15, 0.2) is 24.3 Å². The first-order chi connectivity index (χ1) is 18.5. The van der Waals surface area contributed by atoms with Gasteiger partial charge in [0, 0.05) is 0 Å². The normalized spacial score (nSPS) is 21.4. The largest absolute Gasteiger partial charge is 0.490 e. The monoisotopic (exact) mass is 592 g/mol. The molecule has 3 amide bonds. The highest BCUT2D eigenvalue weighted by atomic mass is 32.2. The van der Waals surface area contributed by atoms with Crippen molar-refractivity contribution in [1.82, 2.24) is 20.9 Å². The number of halogens is 3. The lowest BCUT2D eigenvalue weighted by atomic mass is 9.87. The number of nitrogens with zero attached hydrogens (tertiary/aromatic N) is 1. The summed E-state index contributed by atoms with van der Waals surface area (Å²) in [4.78, 5) is 49.0. The molecule has 4 unspecified atom stereocenters. The second-order valence-electron chi connectivity index (χ2n) is 10.1. The molecule has 1 aliphatic heterocycles. The van der Waals surface area contributed by atoms with Crippen molar-refractivity contribution < 1.29 is 45.9 Å². The van der Waals surface area contributed by atoms with E-state index in [1.54, 1.807) is 27.8 Å². The molecule has 4 atom stereocenters. The predicted molar refractivity (Wildman–Crippen MR) is 139 cm³/mol. The summed E-state index contributed by atoms with van der Waals surface area (Å²) in [5.41, 5.74) is 2.20. The van der Waals surface area contributed by atoms with E-state index in [9.17, 15) is 36.0 Å². The summed E-state index contributed by atoms with van der Waals surface area (Å²) in [5, 5.41) is 15.6. The summed E-state index contributed by atoms with van der Waals surface area (Å²) in [7, 11) is -1.99. The molecule has 1 aromatic rings. The SMILES string of the molecule is CNC(C)C(=O)NC(C(=O)N1CS(=O)(=O)CC1C(=O)NC1CCCc2ccccc21)C(C)C.O=C(O)C(F)(F)F. The standard InChI is InChI=1S/C23H34N4O5S.C2HF3O2/c1-14(2)20(26-21(28)15(3)24-4)23(30)27-13-33(31,32)12-19(27)22(29)25-18-11-7-9-16-8-5-6-10-17(16)18;3-2(4,5)1(6)7/h5-6,8,10,14-15,18-20,24H,7,9,11-13H2,1-4H3,(H,25,29)(H,26,28);(H,6,7). The summed E-state index contributed by atoms with van der Waals surface area (Å²) in [6, 6.07) is 5.08. The van der Waals surface area contributed by atoms with Crippen molar-refractivity contribution in [2.24, 2.45) is 5.92 Å². The Morgan fingerprint density at radius 3 is 2.25 bits per heavy atom. The fourth-order valence-corrected chi connectivity index (χ4v) is 6.04. The van der Waals surface area contributed by atoms with Crippen molar-refractivity contribution in [3.8, 4) is 0 Å². The van der Waals surface area contributed by atoms with E-state index in [1.165, 1.54) is 5.56 Å². The summed E-state index contributed by atoms with van der Waals surface area (Å²) < 4.78 is 56.6. The first-order valence-corrected chi connectivity index (χ1v) is 14.5. The van der Waals surface area contributed by atoms with Crippen molar-refractivity contribution in [2.75, 3.05) is 18.7 Å². The summed E-state index contributed by atoms with van der Waals surface area (Å²) in [6.45, 7) is 5.20. The zero-order valence-electron chi connectivity index (χ0n) is 22.6. The molecule has 1 aliphatic carbocycles. The van der Waals surface area contributed by atoms with E-state index < -0.39 is 63.6 Å². The Balaban J connectivity index is 0.000000708. The number of sulfone groups is 1. The first-order valence-electron chi connectivity index (χ1n) is 12.6. The van der Waals surface area contributed by atoms with Crippen LogP contribution in [0.3, 0.4) is 0 Å². The van der Waals surface area contributed by atoms with Gasteiger partial charge in [0.2, 0.25) is 17.7 Å². The number of aliphatic carboxylic acids is 1. The fourth-order valence-electron chi connectivity index (χ4n) is 4.39. The molecular formula is C25H35F3N4O7S. The van der Waals surface area contributed by atoms with Crippen LogP contribution in [0, 0.1) is 5.92 Å². The van der Waals surface area contributed by atoms with Gasteiger partial charge in [0.25, 0.3) is 0 Å². The Bertz CT molecular complexity index is 1210. The highest BCUT2D eigenvalue weighted by Gasteiger charge is 2.46. The molecular weight excluding hydrogens is 557 g/mol. The van der Waals surface area contributed by atoms with Gasteiger partial charge in [-0.1, -0.05) is 38.1 Å². The second-order valence-corrected chi connectivity index (χ2v) is 12.1. The van der Waals surface area contributed by atoms with E-state index in [1.807, 2.05) is 24.3 Å². The number of likely N-dealkylation sites (N-methyl/N-ethyl adjacent to an activating group) is 1. The van der Waals surface area contributed by atoms with Gasteiger partial charge in [0.1, 0.15) is 18.0 Å². The number of carbonyl (C=O) groups is 4. The van der Waals surface area contributed by atoms with Crippen molar-refractivity contribution >= 4 is 33.5 Å². The average Bonchev–Trinajstić information content (AvgIpc) is 3.21. The zero-order valence-corrected chi connectivity index (χ0v) is 23.4. The van der Waals surface area contributed by atoms with Crippen LogP contribution in [0.1, 0.15) is 50.8 Å². The number of nitrogens with one attached hydrogen (secondary N) is 3. The molecule has 1 fully saturated rings. The molecule has 2 aliphatic rings. The molecule has 0 aromatic heterocycles. The van der Waals surface area contributed by atoms with Crippen LogP contribution >= 0.6 is 0 Å². The lowest BCUT2D eigenvalue weighted by Crippen LogP contribution is -2.57. The summed E-state index contributed by atoms with van der Waals surface area (Å²) >= 11 is 0. The minimum atomic E-state index is -5.08. The zero-order chi connectivity index (χ0) is 30.4. The number of fused-ring (bicyclic) bond motifs is 1. The van der Waals surface area contributed by atoms with Crippen LogP contribution in [0.4, 0.5) is 13.2 Å². The minimum Gasteiger partial charge on any atom is -0.475 e. The van der Waals surface area contributed by atoms with Gasteiger partial charge in [-0.15, -0.1) is 0 Å².